The second-order valence-electron chi connectivity index (χ2n) is 20.5. The Kier molecular flexibility index (Phi) is 10.5. The molecule has 16 rings (SSSR count). The molecule has 0 saturated heterocycles. The molecule has 1 aromatic heterocycles. The van der Waals surface area contributed by atoms with Gasteiger partial charge < -0.3 is 24.2 Å². The zero-order valence-electron chi connectivity index (χ0n) is 42.9. The third-order valence-corrected chi connectivity index (χ3v) is 17.2. The first kappa shape index (κ1) is 45.3. The molecular formula is C72H48BN5S. The molecule has 13 aromatic rings. The largest absolute Gasteiger partial charge is 0.311 e. The first-order valence-electron chi connectivity index (χ1n) is 27.0. The monoisotopic (exact) mass is 1030 g/mol. The van der Waals surface area contributed by atoms with Gasteiger partial charge in [-0.2, -0.15) is 0 Å². The van der Waals surface area contributed by atoms with Crippen molar-refractivity contribution in [1.82, 2.24) is 4.57 Å². The minimum Gasteiger partial charge on any atom is -0.311 e. The first-order chi connectivity index (χ1) is 39.2. The van der Waals surface area contributed by atoms with Crippen molar-refractivity contribution in [3.63, 3.8) is 0 Å². The standard InChI is InChI=1S/C72H48BN5S/c1-6-24-49(25-7-1)56-34-16-20-38-61(56)78-65-43-42-54(77-62-39-21-17-35-57(62)58-36-18-22-40-63(58)77)46-70(65)79-71-48-66-60(47-67(71)78)73-59-37-19-23-41-64(59)75(52-30-12-4-13-31-52)68-44-55(45-69(72(68)73)76(66)53-32-14-5-15-33-53)74(50-26-8-2-9-27-50)51-28-10-3-11-29-51/h1-48H. The molecule has 0 amide bonds. The van der Waals surface area contributed by atoms with E-state index in [0.29, 0.717) is 0 Å². The Bertz CT molecular complexity index is 4400. The second kappa shape index (κ2) is 18.4. The van der Waals surface area contributed by atoms with E-state index in [-0.39, 0.29) is 6.71 Å². The summed E-state index contributed by atoms with van der Waals surface area (Å²) in [5.41, 5.74) is 23.1. The smallest absolute Gasteiger partial charge is 0.252 e. The predicted octanol–water partition coefficient (Wildman–Crippen LogP) is 17.9. The van der Waals surface area contributed by atoms with Gasteiger partial charge in [0.05, 0.1) is 33.8 Å². The number of fused-ring (bicyclic) bond motifs is 9. The normalized spacial score (nSPS) is 12.9. The van der Waals surface area contributed by atoms with Crippen LogP contribution in [0, 0.1) is 0 Å². The van der Waals surface area contributed by atoms with Crippen LogP contribution in [0.3, 0.4) is 0 Å². The summed E-state index contributed by atoms with van der Waals surface area (Å²) in [5, 5.41) is 2.50. The lowest BCUT2D eigenvalue weighted by Crippen LogP contribution is -2.61. The van der Waals surface area contributed by atoms with Crippen molar-refractivity contribution in [1.29, 1.82) is 0 Å². The summed E-state index contributed by atoms with van der Waals surface area (Å²) in [6.45, 7) is -0.118. The third-order valence-electron chi connectivity index (χ3n) is 16.1. The summed E-state index contributed by atoms with van der Waals surface area (Å²) < 4.78 is 2.44. The number of rotatable bonds is 8. The zero-order valence-corrected chi connectivity index (χ0v) is 43.8. The molecule has 0 radical (unpaired) electrons. The van der Waals surface area contributed by atoms with Crippen molar-refractivity contribution in [3.05, 3.63) is 291 Å². The minimum atomic E-state index is -0.118. The molecule has 0 spiro atoms. The summed E-state index contributed by atoms with van der Waals surface area (Å²) in [4.78, 5) is 12.4. The predicted molar refractivity (Wildman–Crippen MR) is 334 cm³/mol. The molecule has 4 heterocycles. The summed E-state index contributed by atoms with van der Waals surface area (Å²) in [7, 11) is 0. The molecule has 12 aromatic carbocycles. The number of nitrogens with zero attached hydrogens (tertiary/aromatic N) is 5. The number of benzene rings is 12. The molecule has 0 saturated carbocycles. The molecule has 7 heteroatoms. The average Bonchev–Trinajstić information content (AvgIpc) is 3.97. The van der Waals surface area contributed by atoms with Gasteiger partial charge in [-0.05, 0) is 137 Å². The van der Waals surface area contributed by atoms with Crippen LogP contribution < -0.4 is 36.0 Å². The van der Waals surface area contributed by atoms with E-state index < -0.39 is 0 Å². The van der Waals surface area contributed by atoms with Crippen LogP contribution in [0.15, 0.2) is 301 Å². The van der Waals surface area contributed by atoms with Crippen molar-refractivity contribution >= 4 is 125 Å². The molecule has 5 nitrogen and oxygen atoms in total. The first-order valence-corrected chi connectivity index (χ1v) is 27.9. The van der Waals surface area contributed by atoms with Crippen molar-refractivity contribution < 1.29 is 0 Å². The fourth-order valence-corrected chi connectivity index (χ4v) is 13.9. The minimum absolute atomic E-state index is 0.118. The lowest BCUT2D eigenvalue weighted by molar-refractivity contribution is 1.12. The fourth-order valence-electron chi connectivity index (χ4n) is 12.8. The maximum absolute atomic E-state index is 2.55. The van der Waals surface area contributed by atoms with Crippen LogP contribution in [-0.4, -0.2) is 11.3 Å². The number of hydrogen-bond donors (Lipinski definition) is 0. The lowest BCUT2D eigenvalue weighted by atomic mass is 9.33. The van der Waals surface area contributed by atoms with Crippen molar-refractivity contribution in [2.45, 2.75) is 9.79 Å². The Balaban J connectivity index is 0.984. The lowest BCUT2D eigenvalue weighted by Gasteiger charge is -2.46. The van der Waals surface area contributed by atoms with Crippen molar-refractivity contribution in [2.75, 3.05) is 19.6 Å². The van der Waals surface area contributed by atoms with Gasteiger partial charge in [-0.15, -0.1) is 0 Å². The van der Waals surface area contributed by atoms with E-state index in [1.165, 1.54) is 64.8 Å². The van der Waals surface area contributed by atoms with E-state index in [2.05, 4.69) is 315 Å². The van der Waals surface area contributed by atoms with Crippen LogP contribution in [-0.2, 0) is 0 Å². The van der Waals surface area contributed by atoms with Gasteiger partial charge in [0.15, 0.2) is 0 Å². The van der Waals surface area contributed by atoms with E-state index in [1.54, 1.807) is 0 Å². The van der Waals surface area contributed by atoms with E-state index >= 15 is 0 Å². The number of aromatic nitrogens is 1. The topological polar surface area (TPSA) is 17.9 Å². The average molecular weight is 1030 g/mol. The number of hydrogen-bond acceptors (Lipinski definition) is 5. The summed E-state index contributed by atoms with van der Waals surface area (Å²) >= 11 is 1.87. The van der Waals surface area contributed by atoms with Crippen LogP contribution in [0.4, 0.5) is 68.2 Å². The van der Waals surface area contributed by atoms with Gasteiger partial charge in [0, 0.05) is 77.3 Å². The molecule has 3 aliphatic rings. The van der Waals surface area contributed by atoms with Crippen LogP contribution in [0.25, 0.3) is 38.6 Å². The van der Waals surface area contributed by atoms with Gasteiger partial charge in [-0.25, -0.2) is 0 Å². The molecule has 0 bridgehead atoms. The van der Waals surface area contributed by atoms with Crippen LogP contribution >= 0.6 is 11.8 Å². The molecule has 0 aliphatic carbocycles. The summed E-state index contributed by atoms with van der Waals surface area (Å²) in [6.07, 6.45) is 0. The molecule has 0 fully saturated rings. The van der Waals surface area contributed by atoms with Crippen molar-refractivity contribution in [3.8, 4) is 16.8 Å². The van der Waals surface area contributed by atoms with Gasteiger partial charge in [-0.3, -0.25) is 0 Å². The second-order valence-corrected chi connectivity index (χ2v) is 21.5. The van der Waals surface area contributed by atoms with Gasteiger partial charge in [0.1, 0.15) is 0 Å². The van der Waals surface area contributed by atoms with Crippen molar-refractivity contribution in [2.24, 2.45) is 0 Å². The highest BCUT2D eigenvalue weighted by atomic mass is 32.2. The Morgan fingerprint density at radius 2 is 0.810 bits per heavy atom. The van der Waals surface area contributed by atoms with Crippen LogP contribution in [0.5, 0.6) is 0 Å². The highest BCUT2D eigenvalue weighted by Gasteiger charge is 2.45. The molecular weight excluding hydrogens is 978 g/mol. The number of para-hydroxylation sites is 8. The van der Waals surface area contributed by atoms with E-state index in [9.17, 15) is 0 Å². The van der Waals surface area contributed by atoms with Gasteiger partial charge in [0.25, 0.3) is 6.71 Å². The van der Waals surface area contributed by atoms with Crippen LogP contribution in [0.1, 0.15) is 0 Å². The third kappa shape index (κ3) is 7.20. The highest BCUT2D eigenvalue weighted by molar-refractivity contribution is 7.99. The Morgan fingerprint density at radius 3 is 1.44 bits per heavy atom. The van der Waals surface area contributed by atoms with Gasteiger partial charge >= 0.3 is 0 Å². The zero-order chi connectivity index (χ0) is 52.0. The van der Waals surface area contributed by atoms with Crippen LogP contribution in [0.2, 0.25) is 0 Å². The quantitative estimate of drug-likeness (QED) is 0.141. The summed E-state index contributed by atoms with van der Waals surface area (Å²) in [6, 6.07) is 107. The van der Waals surface area contributed by atoms with E-state index in [4.69, 9.17) is 0 Å². The Morgan fingerprint density at radius 1 is 0.304 bits per heavy atom. The molecule has 0 atom stereocenters. The Hall–Kier alpha value is -9.95. The molecule has 79 heavy (non-hydrogen) atoms. The SMILES string of the molecule is c1ccc(-c2ccccc2N2c3ccc(-n4c5ccccc5c5ccccc54)cc3Sc3cc4c(cc32)B2c3ccccc3N(c3ccccc3)c3cc(N(c5ccccc5)c5ccccc5)cc(c32)N4c2ccccc2)cc1. The molecule has 3 aliphatic heterocycles. The Labute approximate surface area is 464 Å². The molecule has 0 unspecified atom stereocenters. The fraction of sp³-hybridized carbons (Fsp3) is 0. The maximum Gasteiger partial charge on any atom is 0.252 e. The number of anilines is 12. The van der Waals surface area contributed by atoms with Gasteiger partial charge in [0.2, 0.25) is 0 Å². The van der Waals surface area contributed by atoms with E-state index in [0.717, 1.165) is 68.2 Å². The van der Waals surface area contributed by atoms with Gasteiger partial charge in [-0.1, -0.05) is 188 Å². The molecule has 370 valence electrons. The maximum atomic E-state index is 2.55. The summed E-state index contributed by atoms with van der Waals surface area (Å²) in [5.74, 6) is 0. The highest BCUT2D eigenvalue weighted by Crippen LogP contribution is 2.56. The van der Waals surface area contributed by atoms with E-state index in [1.807, 2.05) is 11.8 Å². The molecule has 0 N–H and O–H groups in total.